The van der Waals surface area contributed by atoms with Crippen molar-refractivity contribution in [2.24, 2.45) is 0 Å². The summed E-state index contributed by atoms with van der Waals surface area (Å²) >= 11 is 0. The van der Waals surface area contributed by atoms with Gasteiger partial charge in [-0.3, -0.25) is 4.79 Å². The van der Waals surface area contributed by atoms with E-state index < -0.39 is 6.10 Å². The summed E-state index contributed by atoms with van der Waals surface area (Å²) in [4.78, 5) is 12.6. The first-order chi connectivity index (χ1) is 5.60. The minimum atomic E-state index is -0.623. The Balaban J connectivity index is 3.58. The highest BCUT2D eigenvalue weighted by molar-refractivity contribution is 5.69. The maximum Gasteiger partial charge on any atom is 0.308 e. The number of aliphatic hydroxyl groups excluding tert-OH is 1. The molecule has 0 aliphatic rings. The van der Waals surface area contributed by atoms with Crippen LogP contribution in [0, 0.1) is 0 Å². The monoisotopic (exact) mass is 175 g/mol. The fourth-order valence-electron chi connectivity index (χ4n) is 0.829. The van der Waals surface area contributed by atoms with Crippen LogP contribution in [0.15, 0.2) is 0 Å². The molecule has 0 bridgehead atoms. The van der Waals surface area contributed by atoms with Gasteiger partial charge in [-0.2, -0.15) is 0 Å². The van der Waals surface area contributed by atoms with Crippen molar-refractivity contribution in [1.82, 2.24) is 4.90 Å². The Kier molecular flexibility index (Phi) is 5.66. The highest BCUT2D eigenvalue weighted by Gasteiger charge is 2.11. The van der Waals surface area contributed by atoms with E-state index in [1.807, 2.05) is 18.9 Å². The van der Waals surface area contributed by atoms with Crippen molar-refractivity contribution in [3.8, 4) is 0 Å². The van der Waals surface area contributed by atoms with Crippen molar-refractivity contribution >= 4 is 5.97 Å². The maximum absolute atomic E-state index is 10.7. The first kappa shape index (κ1) is 11.4. The van der Waals surface area contributed by atoms with E-state index in [1.165, 1.54) is 7.11 Å². The van der Waals surface area contributed by atoms with Gasteiger partial charge < -0.3 is 14.7 Å². The van der Waals surface area contributed by atoms with Crippen molar-refractivity contribution < 1.29 is 14.6 Å². The van der Waals surface area contributed by atoms with E-state index in [1.54, 1.807) is 0 Å². The molecule has 4 nitrogen and oxygen atoms in total. The molecule has 0 radical (unpaired) electrons. The molecule has 1 atom stereocenters. The molecule has 12 heavy (non-hydrogen) atoms. The Morgan fingerprint density at radius 2 is 2.25 bits per heavy atom. The standard InChI is InChI=1S/C8H17NO3/c1-4-9(2)6-7(10)5-8(11)12-3/h7,10H,4-6H2,1-3H3. The SMILES string of the molecule is CCN(C)CC(O)CC(=O)OC. The van der Waals surface area contributed by atoms with Gasteiger partial charge in [0, 0.05) is 6.54 Å². The lowest BCUT2D eigenvalue weighted by atomic mass is 10.2. The lowest BCUT2D eigenvalue weighted by Gasteiger charge is -2.17. The molecule has 0 amide bonds. The van der Waals surface area contributed by atoms with E-state index in [-0.39, 0.29) is 12.4 Å². The minimum Gasteiger partial charge on any atom is -0.469 e. The summed E-state index contributed by atoms with van der Waals surface area (Å²) in [6.45, 7) is 3.36. The number of carbonyl (C=O) groups is 1. The molecule has 0 aliphatic heterocycles. The number of nitrogens with zero attached hydrogens (tertiary/aromatic N) is 1. The summed E-state index contributed by atoms with van der Waals surface area (Å²) in [6, 6.07) is 0. The van der Waals surface area contributed by atoms with Crippen LogP contribution in [-0.2, 0) is 9.53 Å². The molecule has 0 spiro atoms. The van der Waals surface area contributed by atoms with Crippen LogP contribution >= 0.6 is 0 Å². The van der Waals surface area contributed by atoms with Crippen molar-refractivity contribution in [1.29, 1.82) is 0 Å². The molecule has 0 aromatic heterocycles. The summed E-state index contributed by atoms with van der Waals surface area (Å²) in [5.74, 6) is -0.369. The van der Waals surface area contributed by atoms with Gasteiger partial charge in [0.25, 0.3) is 0 Å². The molecular weight excluding hydrogens is 158 g/mol. The highest BCUT2D eigenvalue weighted by Crippen LogP contribution is 1.96. The molecule has 0 heterocycles. The second-order valence-electron chi connectivity index (χ2n) is 2.79. The van der Waals surface area contributed by atoms with Gasteiger partial charge in [0.2, 0.25) is 0 Å². The van der Waals surface area contributed by atoms with Crippen LogP contribution in [0.5, 0.6) is 0 Å². The van der Waals surface area contributed by atoms with Gasteiger partial charge in [-0.15, -0.1) is 0 Å². The number of carbonyl (C=O) groups excluding carboxylic acids is 1. The van der Waals surface area contributed by atoms with Gasteiger partial charge in [0.15, 0.2) is 0 Å². The second-order valence-corrected chi connectivity index (χ2v) is 2.79. The zero-order chi connectivity index (χ0) is 9.56. The average molecular weight is 175 g/mol. The lowest BCUT2D eigenvalue weighted by Crippen LogP contribution is -2.30. The Morgan fingerprint density at radius 3 is 2.67 bits per heavy atom. The molecule has 0 fully saturated rings. The molecule has 4 heteroatoms. The molecule has 0 saturated heterocycles. The number of hydrogen-bond donors (Lipinski definition) is 1. The van der Waals surface area contributed by atoms with E-state index in [0.29, 0.717) is 6.54 Å². The summed E-state index contributed by atoms with van der Waals surface area (Å²) in [7, 11) is 3.21. The van der Waals surface area contributed by atoms with Crippen molar-refractivity contribution in [3.05, 3.63) is 0 Å². The van der Waals surface area contributed by atoms with Crippen LogP contribution < -0.4 is 0 Å². The fourth-order valence-corrected chi connectivity index (χ4v) is 0.829. The number of ether oxygens (including phenoxy) is 1. The van der Waals surface area contributed by atoms with E-state index in [0.717, 1.165) is 6.54 Å². The lowest BCUT2D eigenvalue weighted by molar-refractivity contribution is -0.143. The Labute approximate surface area is 73.1 Å². The highest BCUT2D eigenvalue weighted by atomic mass is 16.5. The van der Waals surface area contributed by atoms with Crippen molar-refractivity contribution in [3.63, 3.8) is 0 Å². The normalized spacial score (nSPS) is 13.1. The van der Waals surface area contributed by atoms with Crippen LogP contribution in [0.25, 0.3) is 0 Å². The summed E-state index contributed by atoms with van der Waals surface area (Å²) in [5, 5.41) is 9.31. The first-order valence-electron chi connectivity index (χ1n) is 4.03. The summed E-state index contributed by atoms with van der Waals surface area (Å²) in [5.41, 5.74) is 0. The first-order valence-corrected chi connectivity index (χ1v) is 4.03. The average Bonchev–Trinajstić information content (AvgIpc) is 2.03. The third-order valence-corrected chi connectivity index (χ3v) is 1.69. The van der Waals surface area contributed by atoms with Gasteiger partial charge in [-0.25, -0.2) is 0 Å². The van der Waals surface area contributed by atoms with Crippen LogP contribution in [-0.4, -0.2) is 49.3 Å². The van der Waals surface area contributed by atoms with Crippen LogP contribution in [0.2, 0.25) is 0 Å². The quantitative estimate of drug-likeness (QED) is 0.591. The molecule has 0 saturated carbocycles. The molecule has 0 aromatic carbocycles. The van der Waals surface area contributed by atoms with Gasteiger partial charge in [-0.1, -0.05) is 6.92 Å². The fraction of sp³-hybridized carbons (Fsp3) is 0.875. The predicted octanol–water partition coefficient (Wildman–Crippen LogP) is -0.138. The Bertz CT molecular complexity index is 138. The smallest absolute Gasteiger partial charge is 0.308 e. The molecule has 72 valence electrons. The van der Waals surface area contributed by atoms with Crippen LogP contribution in [0.3, 0.4) is 0 Å². The van der Waals surface area contributed by atoms with Gasteiger partial charge >= 0.3 is 5.97 Å². The molecule has 0 aliphatic carbocycles. The molecule has 1 N–H and O–H groups in total. The number of likely N-dealkylation sites (N-methyl/N-ethyl adjacent to an activating group) is 1. The molecule has 0 rings (SSSR count). The van der Waals surface area contributed by atoms with E-state index in [2.05, 4.69) is 4.74 Å². The molecular formula is C8H17NO3. The topological polar surface area (TPSA) is 49.8 Å². The summed E-state index contributed by atoms with van der Waals surface area (Å²) in [6.07, 6.45) is -0.553. The number of rotatable bonds is 5. The van der Waals surface area contributed by atoms with Crippen LogP contribution in [0.1, 0.15) is 13.3 Å². The third kappa shape index (κ3) is 5.09. The largest absolute Gasteiger partial charge is 0.469 e. The Morgan fingerprint density at radius 1 is 1.67 bits per heavy atom. The minimum absolute atomic E-state index is 0.0703. The van der Waals surface area contributed by atoms with Gasteiger partial charge in [0.05, 0.1) is 19.6 Å². The zero-order valence-electron chi connectivity index (χ0n) is 7.91. The molecule has 0 aromatic rings. The number of hydrogen-bond acceptors (Lipinski definition) is 4. The van der Waals surface area contributed by atoms with Crippen molar-refractivity contribution in [2.45, 2.75) is 19.4 Å². The summed E-state index contributed by atoms with van der Waals surface area (Å²) < 4.78 is 4.42. The van der Waals surface area contributed by atoms with Crippen LogP contribution in [0.4, 0.5) is 0 Å². The van der Waals surface area contributed by atoms with E-state index in [4.69, 9.17) is 0 Å². The van der Waals surface area contributed by atoms with E-state index >= 15 is 0 Å². The number of aliphatic hydroxyl groups is 1. The predicted molar refractivity (Wildman–Crippen MR) is 45.8 cm³/mol. The van der Waals surface area contributed by atoms with E-state index in [9.17, 15) is 9.90 Å². The number of methoxy groups -OCH3 is 1. The van der Waals surface area contributed by atoms with Gasteiger partial charge in [-0.05, 0) is 13.6 Å². The van der Waals surface area contributed by atoms with Crippen molar-refractivity contribution in [2.75, 3.05) is 27.2 Å². The molecule has 1 unspecified atom stereocenters. The zero-order valence-corrected chi connectivity index (χ0v) is 7.91. The third-order valence-electron chi connectivity index (χ3n) is 1.69. The van der Waals surface area contributed by atoms with Gasteiger partial charge in [0.1, 0.15) is 0 Å². The second kappa shape index (κ2) is 5.97. The number of esters is 1. The Hall–Kier alpha value is -0.610. The maximum atomic E-state index is 10.7.